The van der Waals surface area contributed by atoms with Crippen LogP contribution in [0.2, 0.25) is 4.34 Å². The molecule has 0 unspecified atom stereocenters. The van der Waals surface area contributed by atoms with Gasteiger partial charge in [-0.1, -0.05) is 11.6 Å². The molecule has 18 heavy (non-hydrogen) atoms. The second-order valence-corrected chi connectivity index (χ2v) is 6.38. The van der Waals surface area contributed by atoms with Crippen LogP contribution in [0.4, 0.5) is 0 Å². The third kappa shape index (κ3) is 3.46. The second kappa shape index (κ2) is 6.55. The number of carbonyl (C=O) groups excluding carboxylic acids is 1. The molecule has 1 aromatic rings. The average molecular weight is 287 g/mol. The van der Waals surface area contributed by atoms with Crippen LogP contribution in [0, 0.1) is 5.92 Å². The fraction of sp³-hybridized carbons (Fsp3) is 0.615. The van der Waals surface area contributed by atoms with Gasteiger partial charge in [0, 0.05) is 17.3 Å². The van der Waals surface area contributed by atoms with E-state index in [4.69, 9.17) is 11.6 Å². The number of halogens is 1. The zero-order valence-electron chi connectivity index (χ0n) is 10.6. The maximum atomic E-state index is 12.4. The third-order valence-electron chi connectivity index (χ3n) is 3.36. The van der Waals surface area contributed by atoms with Gasteiger partial charge in [0.2, 0.25) is 5.91 Å². The predicted molar refractivity (Wildman–Crippen MR) is 76.0 cm³/mol. The normalized spacial score (nSPS) is 16.8. The molecule has 1 aliphatic rings. The van der Waals surface area contributed by atoms with Gasteiger partial charge >= 0.3 is 0 Å². The number of hydrogen-bond donors (Lipinski definition) is 1. The van der Waals surface area contributed by atoms with E-state index in [1.807, 2.05) is 24.0 Å². The van der Waals surface area contributed by atoms with Gasteiger partial charge in [-0.05, 0) is 45.0 Å². The van der Waals surface area contributed by atoms with Crippen molar-refractivity contribution >= 4 is 28.8 Å². The summed E-state index contributed by atoms with van der Waals surface area (Å²) in [5, 5.41) is 3.29. The van der Waals surface area contributed by atoms with E-state index in [0.29, 0.717) is 12.5 Å². The highest BCUT2D eigenvalue weighted by Gasteiger charge is 2.25. The number of amides is 1. The van der Waals surface area contributed by atoms with Crippen LogP contribution in [-0.4, -0.2) is 30.4 Å². The van der Waals surface area contributed by atoms with E-state index in [-0.39, 0.29) is 5.92 Å². The maximum Gasteiger partial charge on any atom is 0.226 e. The first-order valence-electron chi connectivity index (χ1n) is 6.44. The smallest absolute Gasteiger partial charge is 0.226 e. The lowest BCUT2D eigenvalue weighted by Gasteiger charge is -2.28. The fourth-order valence-corrected chi connectivity index (χ4v) is 3.40. The summed E-state index contributed by atoms with van der Waals surface area (Å²) in [4.78, 5) is 15.5. The molecule has 0 atom stereocenters. The number of nitrogens with zero attached hydrogens (tertiary/aromatic N) is 1. The van der Waals surface area contributed by atoms with E-state index in [1.54, 1.807) is 11.3 Å². The molecule has 0 bridgehead atoms. The van der Waals surface area contributed by atoms with Gasteiger partial charge in [0.15, 0.2) is 0 Å². The lowest BCUT2D eigenvalue weighted by Crippen LogP contribution is -2.40. The van der Waals surface area contributed by atoms with Crippen molar-refractivity contribution < 1.29 is 4.79 Å². The molecule has 2 heterocycles. The first kappa shape index (κ1) is 13.8. The molecule has 0 aliphatic carbocycles. The topological polar surface area (TPSA) is 32.3 Å². The molecule has 1 amide bonds. The monoisotopic (exact) mass is 286 g/mol. The summed E-state index contributed by atoms with van der Waals surface area (Å²) in [6, 6.07) is 3.90. The zero-order valence-corrected chi connectivity index (χ0v) is 12.2. The highest BCUT2D eigenvalue weighted by molar-refractivity contribution is 7.16. The summed E-state index contributed by atoms with van der Waals surface area (Å²) in [6.45, 7) is 5.40. The van der Waals surface area contributed by atoms with Crippen LogP contribution in [-0.2, 0) is 11.3 Å². The van der Waals surface area contributed by atoms with Crippen molar-refractivity contribution in [1.29, 1.82) is 0 Å². The lowest BCUT2D eigenvalue weighted by molar-refractivity contribution is -0.136. The Kier molecular flexibility index (Phi) is 5.03. The average Bonchev–Trinajstić information content (AvgIpc) is 2.82. The molecular formula is C13H19ClN2OS. The van der Waals surface area contributed by atoms with Gasteiger partial charge in [-0.25, -0.2) is 0 Å². The minimum atomic E-state index is 0.196. The molecule has 0 aromatic carbocycles. The SMILES string of the molecule is CCN(Cc1ccc(Cl)s1)C(=O)C1CCNCC1. The molecule has 0 saturated carbocycles. The third-order valence-corrected chi connectivity index (χ3v) is 4.57. The molecule has 5 heteroatoms. The standard InChI is InChI=1S/C13H19ClN2OS/c1-2-16(9-11-3-4-12(14)18-11)13(17)10-5-7-15-8-6-10/h3-4,10,15H,2,5-9H2,1H3. The molecule has 1 aliphatic heterocycles. The Morgan fingerprint density at radius 1 is 1.50 bits per heavy atom. The summed E-state index contributed by atoms with van der Waals surface area (Å²) >= 11 is 7.48. The molecule has 1 fully saturated rings. The van der Waals surface area contributed by atoms with Gasteiger partial charge in [-0.2, -0.15) is 0 Å². The Labute approximate surface area is 117 Å². The van der Waals surface area contributed by atoms with E-state index < -0.39 is 0 Å². The van der Waals surface area contributed by atoms with Crippen LogP contribution < -0.4 is 5.32 Å². The Morgan fingerprint density at radius 3 is 2.78 bits per heavy atom. The molecule has 1 saturated heterocycles. The largest absolute Gasteiger partial charge is 0.338 e. The number of thiophene rings is 1. The van der Waals surface area contributed by atoms with E-state index in [9.17, 15) is 4.79 Å². The predicted octanol–water partition coefficient (Wildman–Crippen LogP) is 2.75. The minimum absolute atomic E-state index is 0.196. The first-order valence-corrected chi connectivity index (χ1v) is 7.64. The number of piperidine rings is 1. The van der Waals surface area contributed by atoms with Gasteiger partial charge in [0.05, 0.1) is 10.9 Å². The summed E-state index contributed by atoms with van der Waals surface area (Å²) in [6.07, 6.45) is 1.92. The maximum absolute atomic E-state index is 12.4. The van der Waals surface area contributed by atoms with Gasteiger partial charge in [0.25, 0.3) is 0 Å². The van der Waals surface area contributed by atoms with E-state index in [1.165, 1.54) is 0 Å². The van der Waals surface area contributed by atoms with Crippen molar-refractivity contribution in [2.75, 3.05) is 19.6 Å². The van der Waals surface area contributed by atoms with Gasteiger partial charge in [-0.3, -0.25) is 4.79 Å². The Hall–Kier alpha value is -0.580. The summed E-state index contributed by atoms with van der Waals surface area (Å²) in [5.41, 5.74) is 0. The number of nitrogens with one attached hydrogen (secondary N) is 1. The van der Waals surface area contributed by atoms with Gasteiger partial charge in [0.1, 0.15) is 0 Å². The molecule has 1 aromatic heterocycles. The highest BCUT2D eigenvalue weighted by Crippen LogP contribution is 2.24. The van der Waals surface area contributed by atoms with Crippen LogP contribution in [0.3, 0.4) is 0 Å². The summed E-state index contributed by atoms with van der Waals surface area (Å²) < 4.78 is 0.787. The van der Waals surface area contributed by atoms with Crippen LogP contribution >= 0.6 is 22.9 Å². The molecule has 100 valence electrons. The van der Waals surface area contributed by atoms with Crippen LogP contribution in [0.5, 0.6) is 0 Å². The zero-order chi connectivity index (χ0) is 13.0. The van der Waals surface area contributed by atoms with Crippen molar-refractivity contribution in [3.05, 3.63) is 21.3 Å². The van der Waals surface area contributed by atoms with E-state index in [2.05, 4.69) is 5.32 Å². The highest BCUT2D eigenvalue weighted by atomic mass is 35.5. The quantitative estimate of drug-likeness (QED) is 0.923. The number of rotatable bonds is 4. The number of carbonyl (C=O) groups is 1. The Morgan fingerprint density at radius 2 is 2.22 bits per heavy atom. The molecule has 0 spiro atoms. The summed E-state index contributed by atoms with van der Waals surface area (Å²) in [7, 11) is 0. The van der Waals surface area contributed by atoms with Crippen molar-refractivity contribution in [1.82, 2.24) is 10.2 Å². The van der Waals surface area contributed by atoms with Crippen molar-refractivity contribution in [3.8, 4) is 0 Å². The Bertz CT molecular complexity index is 401. The molecule has 3 nitrogen and oxygen atoms in total. The van der Waals surface area contributed by atoms with E-state index in [0.717, 1.165) is 41.7 Å². The van der Waals surface area contributed by atoms with Crippen LogP contribution in [0.15, 0.2) is 12.1 Å². The summed E-state index contributed by atoms with van der Waals surface area (Å²) in [5.74, 6) is 0.491. The lowest BCUT2D eigenvalue weighted by atomic mass is 9.96. The molecular weight excluding hydrogens is 268 g/mol. The fourth-order valence-electron chi connectivity index (χ4n) is 2.30. The van der Waals surface area contributed by atoms with Crippen LogP contribution in [0.1, 0.15) is 24.6 Å². The molecule has 0 radical (unpaired) electrons. The van der Waals surface area contributed by atoms with Crippen LogP contribution in [0.25, 0.3) is 0 Å². The number of hydrogen-bond acceptors (Lipinski definition) is 3. The van der Waals surface area contributed by atoms with Crippen molar-refractivity contribution in [2.24, 2.45) is 5.92 Å². The van der Waals surface area contributed by atoms with Crippen molar-refractivity contribution in [3.63, 3.8) is 0 Å². The van der Waals surface area contributed by atoms with E-state index >= 15 is 0 Å². The van der Waals surface area contributed by atoms with Gasteiger partial charge in [-0.15, -0.1) is 11.3 Å². The first-order chi connectivity index (χ1) is 8.70. The molecule has 2 rings (SSSR count). The Balaban J connectivity index is 1.96. The minimum Gasteiger partial charge on any atom is -0.338 e. The van der Waals surface area contributed by atoms with Gasteiger partial charge < -0.3 is 10.2 Å². The van der Waals surface area contributed by atoms with Crippen molar-refractivity contribution in [2.45, 2.75) is 26.3 Å². The second-order valence-electron chi connectivity index (χ2n) is 4.58. The molecule has 1 N–H and O–H groups in total.